The highest BCUT2D eigenvalue weighted by atomic mass is 16.6. The van der Waals surface area contributed by atoms with Crippen LogP contribution in [0.4, 0.5) is 11.5 Å². The van der Waals surface area contributed by atoms with Crippen molar-refractivity contribution in [2.24, 2.45) is 5.10 Å². The van der Waals surface area contributed by atoms with Gasteiger partial charge in [0, 0.05) is 24.3 Å². The normalized spacial score (nSPS) is 11.1. The van der Waals surface area contributed by atoms with Gasteiger partial charge in [0.2, 0.25) is 11.6 Å². The van der Waals surface area contributed by atoms with Gasteiger partial charge in [-0.15, -0.1) is 5.10 Å². The van der Waals surface area contributed by atoms with E-state index in [2.05, 4.69) is 49.9 Å². The van der Waals surface area contributed by atoms with Crippen LogP contribution in [0.1, 0.15) is 36.8 Å². The van der Waals surface area contributed by atoms with E-state index in [9.17, 15) is 4.79 Å². The van der Waals surface area contributed by atoms with Crippen molar-refractivity contribution in [2.45, 2.75) is 20.8 Å². The molecule has 0 aliphatic carbocycles. The summed E-state index contributed by atoms with van der Waals surface area (Å²) in [5.74, 6) is 0.245. The van der Waals surface area contributed by atoms with Gasteiger partial charge in [-0.2, -0.15) is 9.78 Å². The Balaban J connectivity index is 1.58. The molecule has 0 aliphatic heterocycles. The second kappa shape index (κ2) is 11.1. The van der Waals surface area contributed by atoms with E-state index in [0.717, 1.165) is 24.3 Å². The minimum absolute atomic E-state index is 0.00484. The SMILES string of the molecule is CCOc1ccc(-c2c(C(=O)N/N=C\c3ccc(N(CC)CC)cc3)nnn2-c2nonc2N)cc1. The molecule has 0 radical (unpaired) electrons. The number of anilines is 2. The number of amides is 1. The number of nitrogen functional groups attached to an aromatic ring is 1. The molecular weight excluding hydrogens is 462 g/mol. The van der Waals surface area contributed by atoms with Crippen LogP contribution in [-0.2, 0) is 0 Å². The number of aromatic nitrogens is 5. The summed E-state index contributed by atoms with van der Waals surface area (Å²) in [5, 5.41) is 19.6. The lowest BCUT2D eigenvalue weighted by Gasteiger charge is -2.20. The average molecular weight is 490 g/mol. The van der Waals surface area contributed by atoms with Crippen molar-refractivity contribution in [3.05, 3.63) is 59.8 Å². The number of nitrogens with zero attached hydrogens (tertiary/aromatic N) is 7. The van der Waals surface area contributed by atoms with Gasteiger partial charge in [-0.05, 0) is 73.0 Å². The Morgan fingerprint density at radius 1 is 1.11 bits per heavy atom. The summed E-state index contributed by atoms with van der Waals surface area (Å²) in [6.45, 7) is 8.50. The van der Waals surface area contributed by atoms with Crippen LogP contribution in [0.5, 0.6) is 5.75 Å². The zero-order chi connectivity index (χ0) is 25.5. The van der Waals surface area contributed by atoms with Crippen molar-refractivity contribution >= 4 is 23.6 Å². The summed E-state index contributed by atoms with van der Waals surface area (Å²) in [5.41, 5.74) is 11.3. The molecule has 2 aromatic heterocycles. The first-order chi connectivity index (χ1) is 17.5. The van der Waals surface area contributed by atoms with E-state index in [-0.39, 0.29) is 17.3 Å². The number of carbonyl (C=O) groups excluding carboxylic acids is 1. The van der Waals surface area contributed by atoms with Gasteiger partial charge in [0.15, 0.2) is 5.69 Å². The zero-order valence-corrected chi connectivity index (χ0v) is 20.3. The van der Waals surface area contributed by atoms with Crippen molar-refractivity contribution in [1.82, 2.24) is 30.7 Å². The summed E-state index contributed by atoms with van der Waals surface area (Å²) in [6, 6.07) is 15.0. The smallest absolute Gasteiger partial charge is 0.294 e. The lowest BCUT2D eigenvalue weighted by molar-refractivity contribution is 0.0950. The van der Waals surface area contributed by atoms with Gasteiger partial charge in [-0.3, -0.25) is 4.79 Å². The molecule has 0 unspecified atom stereocenters. The maximum Gasteiger partial charge on any atom is 0.294 e. The Kier molecular flexibility index (Phi) is 7.54. The van der Waals surface area contributed by atoms with Crippen LogP contribution >= 0.6 is 0 Å². The average Bonchev–Trinajstić information content (AvgIpc) is 3.52. The standard InChI is InChI=1S/C24H27N9O3/c1-4-32(5-2)18-11-7-16(8-12-18)15-26-28-24(34)20-21(17-9-13-19(14-10-17)35-6-3)33(31-27-20)23-22(25)29-36-30-23/h7-15H,4-6H2,1-3H3,(H2,25,29)(H,28,34)/b26-15-. The third-order valence-corrected chi connectivity index (χ3v) is 5.42. The van der Waals surface area contributed by atoms with Crippen molar-refractivity contribution in [2.75, 3.05) is 30.3 Å². The van der Waals surface area contributed by atoms with Crippen molar-refractivity contribution < 1.29 is 14.2 Å². The van der Waals surface area contributed by atoms with Gasteiger partial charge in [-0.25, -0.2) is 10.1 Å². The molecule has 4 aromatic rings. The quantitative estimate of drug-likeness (QED) is 0.253. The molecule has 3 N–H and O–H groups in total. The molecule has 0 saturated heterocycles. The Morgan fingerprint density at radius 3 is 2.44 bits per heavy atom. The molecule has 0 saturated carbocycles. The van der Waals surface area contributed by atoms with Crippen LogP contribution in [0.25, 0.3) is 17.1 Å². The molecule has 186 valence electrons. The first kappa shape index (κ1) is 24.4. The molecule has 0 aliphatic rings. The number of ether oxygens (including phenoxy) is 1. The molecule has 12 heteroatoms. The molecule has 4 rings (SSSR count). The molecule has 0 atom stereocenters. The second-order valence-electron chi connectivity index (χ2n) is 7.59. The van der Waals surface area contributed by atoms with Crippen LogP contribution in [0, 0.1) is 0 Å². The van der Waals surface area contributed by atoms with Gasteiger partial charge in [-0.1, -0.05) is 17.3 Å². The number of hydrogen-bond acceptors (Lipinski definition) is 10. The second-order valence-corrected chi connectivity index (χ2v) is 7.59. The minimum Gasteiger partial charge on any atom is -0.494 e. The van der Waals surface area contributed by atoms with E-state index < -0.39 is 5.91 Å². The molecule has 36 heavy (non-hydrogen) atoms. The van der Waals surface area contributed by atoms with Crippen LogP contribution in [0.15, 0.2) is 58.3 Å². The van der Waals surface area contributed by atoms with E-state index in [1.165, 1.54) is 4.68 Å². The summed E-state index contributed by atoms with van der Waals surface area (Å²) >= 11 is 0. The highest BCUT2D eigenvalue weighted by molar-refractivity contribution is 5.98. The third-order valence-electron chi connectivity index (χ3n) is 5.42. The molecule has 12 nitrogen and oxygen atoms in total. The number of hydrazone groups is 1. The summed E-state index contributed by atoms with van der Waals surface area (Å²) in [4.78, 5) is 15.3. The number of hydrogen-bond donors (Lipinski definition) is 2. The number of nitrogens with one attached hydrogen (secondary N) is 1. The number of carbonyl (C=O) groups is 1. The zero-order valence-electron chi connectivity index (χ0n) is 20.3. The summed E-state index contributed by atoms with van der Waals surface area (Å²) < 4.78 is 11.5. The Hall–Kier alpha value is -4.74. The topological polar surface area (TPSA) is 150 Å². The van der Waals surface area contributed by atoms with Crippen LogP contribution < -0.4 is 20.8 Å². The number of rotatable bonds is 10. The third kappa shape index (κ3) is 5.17. The molecule has 1 amide bonds. The minimum atomic E-state index is -0.559. The van der Waals surface area contributed by atoms with E-state index in [1.54, 1.807) is 30.5 Å². The van der Waals surface area contributed by atoms with Crippen LogP contribution in [-0.4, -0.2) is 57.1 Å². The fourth-order valence-corrected chi connectivity index (χ4v) is 3.63. The maximum absolute atomic E-state index is 13.0. The van der Waals surface area contributed by atoms with Crippen LogP contribution in [0.2, 0.25) is 0 Å². The first-order valence-electron chi connectivity index (χ1n) is 11.5. The first-order valence-corrected chi connectivity index (χ1v) is 11.5. The number of nitrogens with two attached hydrogens (primary N) is 1. The van der Waals surface area contributed by atoms with E-state index in [4.69, 9.17) is 15.1 Å². The Labute approximate surface area is 207 Å². The molecule has 0 spiro atoms. The molecule has 2 aromatic carbocycles. The lowest BCUT2D eigenvalue weighted by atomic mass is 10.1. The highest BCUT2D eigenvalue weighted by Crippen LogP contribution is 2.28. The molecule has 0 bridgehead atoms. The van der Waals surface area contributed by atoms with Crippen molar-refractivity contribution in [3.63, 3.8) is 0 Å². The molecule has 2 heterocycles. The van der Waals surface area contributed by atoms with E-state index in [1.807, 2.05) is 31.2 Å². The molecular formula is C24H27N9O3. The lowest BCUT2D eigenvalue weighted by Crippen LogP contribution is -2.21. The summed E-state index contributed by atoms with van der Waals surface area (Å²) in [6.07, 6.45) is 1.56. The van der Waals surface area contributed by atoms with Crippen molar-refractivity contribution in [3.8, 4) is 22.8 Å². The largest absolute Gasteiger partial charge is 0.494 e. The fraction of sp³-hybridized carbons (Fsp3) is 0.250. The van der Waals surface area contributed by atoms with Gasteiger partial charge >= 0.3 is 0 Å². The predicted octanol–water partition coefficient (Wildman–Crippen LogP) is 2.91. The Morgan fingerprint density at radius 2 is 1.83 bits per heavy atom. The Bertz CT molecular complexity index is 1320. The fourth-order valence-electron chi connectivity index (χ4n) is 3.63. The predicted molar refractivity (Wildman–Crippen MR) is 135 cm³/mol. The number of benzene rings is 2. The maximum atomic E-state index is 13.0. The van der Waals surface area contributed by atoms with Gasteiger partial charge in [0.05, 0.1) is 12.8 Å². The summed E-state index contributed by atoms with van der Waals surface area (Å²) in [7, 11) is 0. The van der Waals surface area contributed by atoms with E-state index in [0.29, 0.717) is 23.6 Å². The van der Waals surface area contributed by atoms with Crippen LogP contribution in [0.3, 0.4) is 0 Å². The van der Waals surface area contributed by atoms with Crippen molar-refractivity contribution in [1.29, 1.82) is 0 Å². The highest BCUT2D eigenvalue weighted by Gasteiger charge is 2.25. The van der Waals surface area contributed by atoms with E-state index >= 15 is 0 Å². The van der Waals surface area contributed by atoms with Gasteiger partial charge < -0.3 is 15.4 Å². The van der Waals surface area contributed by atoms with Gasteiger partial charge in [0.1, 0.15) is 11.4 Å². The molecule has 0 fully saturated rings. The monoisotopic (exact) mass is 489 g/mol. The van der Waals surface area contributed by atoms with Gasteiger partial charge in [0.25, 0.3) is 5.91 Å².